The van der Waals surface area contributed by atoms with Crippen LogP contribution in [0, 0.1) is 12.8 Å². The fourth-order valence-electron chi connectivity index (χ4n) is 4.47. The molecule has 1 aromatic heterocycles. The van der Waals surface area contributed by atoms with E-state index in [2.05, 4.69) is 5.32 Å². The fourth-order valence-corrected chi connectivity index (χ4v) is 4.47. The fraction of sp³-hybridized carbons (Fsp3) is 0.333. The van der Waals surface area contributed by atoms with Crippen LogP contribution >= 0.6 is 0 Å². The van der Waals surface area contributed by atoms with Gasteiger partial charge in [-0.05, 0) is 74.4 Å². The van der Waals surface area contributed by atoms with E-state index in [1.54, 1.807) is 19.1 Å². The van der Waals surface area contributed by atoms with Gasteiger partial charge in [-0.1, -0.05) is 12.1 Å². The van der Waals surface area contributed by atoms with Crippen molar-refractivity contribution in [2.75, 3.05) is 19.1 Å². The summed E-state index contributed by atoms with van der Waals surface area (Å²) in [5.41, 5.74) is 1.59. The number of nitrogens with one attached hydrogen (secondary N) is 1. The SMILES string of the molecule is COc1ccc(C2C(C(=O)NC(C)c3ccc(C)o3)CCC(=O)N2c2ccc(OC)cc2)cc1. The van der Waals surface area contributed by atoms with Gasteiger partial charge in [-0.15, -0.1) is 0 Å². The van der Waals surface area contributed by atoms with E-state index in [1.165, 1.54) is 0 Å². The lowest BCUT2D eigenvalue weighted by molar-refractivity contribution is -0.129. The Morgan fingerprint density at radius 1 is 1.00 bits per heavy atom. The van der Waals surface area contributed by atoms with E-state index in [9.17, 15) is 9.59 Å². The average molecular weight is 463 g/mol. The summed E-state index contributed by atoms with van der Waals surface area (Å²) < 4.78 is 16.3. The highest BCUT2D eigenvalue weighted by molar-refractivity contribution is 5.97. The summed E-state index contributed by atoms with van der Waals surface area (Å²) in [6, 6.07) is 17.9. The van der Waals surface area contributed by atoms with Gasteiger partial charge in [0.05, 0.1) is 32.2 Å². The molecular weight excluding hydrogens is 432 g/mol. The van der Waals surface area contributed by atoms with E-state index >= 15 is 0 Å². The second kappa shape index (κ2) is 10.0. The number of methoxy groups -OCH3 is 2. The lowest BCUT2D eigenvalue weighted by Crippen LogP contribution is -2.48. The molecule has 2 aromatic carbocycles. The van der Waals surface area contributed by atoms with Gasteiger partial charge in [-0.25, -0.2) is 0 Å². The van der Waals surface area contributed by atoms with E-state index in [0.29, 0.717) is 23.7 Å². The molecule has 0 radical (unpaired) electrons. The van der Waals surface area contributed by atoms with Crippen molar-refractivity contribution in [3.63, 3.8) is 0 Å². The molecule has 1 fully saturated rings. The first-order chi connectivity index (χ1) is 16.4. The number of aryl methyl sites for hydroxylation is 1. The van der Waals surface area contributed by atoms with Crippen LogP contribution < -0.4 is 19.7 Å². The van der Waals surface area contributed by atoms with Gasteiger partial charge < -0.3 is 24.1 Å². The van der Waals surface area contributed by atoms with E-state index in [1.807, 2.05) is 74.5 Å². The summed E-state index contributed by atoms with van der Waals surface area (Å²) >= 11 is 0. The van der Waals surface area contributed by atoms with Crippen LogP contribution in [-0.4, -0.2) is 26.0 Å². The Hall–Kier alpha value is -3.74. The zero-order chi connectivity index (χ0) is 24.2. The minimum Gasteiger partial charge on any atom is -0.497 e. The van der Waals surface area contributed by atoms with E-state index in [0.717, 1.165) is 17.0 Å². The quantitative estimate of drug-likeness (QED) is 0.536. The summed E-state index contributed by atoms with van der Waals surface area (Å²) in [7, 11) is 3.21. The molecule has 1 aliphatic heterocycles. The Balaban J connectivity index is 1.69. The highest BCUT2D eigenvalue weighted by atomic mass is 16.5. The monoisotopic (exact) mass is 462 g/mol. The minimum atomic E-state index is -0.467. The topological polar surface area (TPSA) is 81.0 Å². The molecule has 1 aliphatic rings. The minimum absolute atomic E-state index is 0.0234. The summed E-state index contributed by atoms with van der Waals surface area (Å²) in [4.78, 5) is 28.5. The van der Waals surface area contributed by atoms with Crippen LogP contribution in [-0.2, 0) is 9.59 Å². The van der Waals surface area contributed by atoms with Crippen molar-refractivity contribution >= 4 is 17.5 Å². The Morgan fingerprint density at radius 2 is 1.62 bits per heavy atom. The Labute approximate surface area is 199 Å². The van der Waals surface area contributed by atoms with Crippen molar-refractivity contribution in [1.29, 1.82) is 0 Å². The number of piperidine rings is 1. The number of carbonyl (C=O) groups excluding carboxylic acids is 2. The van der Waals surface area contributed by atoms with Gasteiger partial charge in [0.15, 0.2) is 0 Å². The van der Waals surface area contributed by atoms with Gasteiger partial charge in [0, 0.05) is 12.1 Å². The number of rotatable bonds is 7. The number of anilines is 1. The Morgan fingerprint density at radius 3 is 2.18 bits per heavy atom. The second-order valence-corrected chi connectivity index (χ2v) is 8.50. The number of nitrogens with zero attached hydrogens (tertiary/aromatic N) is 1. The first-order valence-electron chi connectivity index (χ1n) is 11.4. The normalized spacial score (nSPS) is 18.9. The largest absolute Gasteiger partial charge is 0.497 e. The molecular formula is C27H30N2O5. The number of hydrogen-bond acceptors (Lipinski definition) is 5. The Kier molecular flexibility index (Phi) is 6.91. The maximum atomic E-state index is 13.5. The Bertz CT molecular complexity index is 1140. The van der Waals surface area contributed by atoms with Crippen molar-refractivity contribution in [2.45, 2.75) is 38.8 Å². The molecule has 0 bridgehead atoms. The van der Waals surface area contributed by atoms with E-state index < -0.39 is 12.0 Å². The van der Waals surface area contributed by atoms with Gasteiger partial charge in [0.2, 0.25) is 11.8 Å². The van der Waals surface area contributed by atoms with Gasteiger partial charge in [0.1, 0.15) is 23.0 Å². The molecule has 7 nitrogen and oxygen atoms in total. The molecule has 0 aliphatic carbocycles. The van der Waals surface area contributed by atoms with Gasteiger partial charge in [-0.2, -0.15) is 0 Å². The van der Waals surface area contributed by atoms with E-state index in [-0.39, 0.29) is 24.3 Å². The molecule has 1 N–H and O–H groups in total. The summed E-state index contributed by atoms with van der Waals surface area (Å²) in [6.45, 7) is 3.77. The van der Waals surface area contributed by atoms with Crippen LogP contribution in [0.3, 0.4) is 0 Å². The third kappa shape index (κ3) is 4.78. The first-order valence-corrected chi connectivity index (χ1v) is 11.4. The molecule has 178 valence electrons. The van der Waals surface area contributed by atoms with Crippen molar-refractivity contribution in [3.05, 3.63) is 77.7 Å². The van der Waals surface area contributed by atoms with Crippen LogP contribution in [0.1, 0.15) is 48.9 Å². The molecule has 2 heterocycles. The standard InChI is InChI=1S/C27H30N2O5/c1-17-5-15-24(34-17)18(2)28-27(31)23-14-16-25(30)29(20-8-12-22(33-4)13-9-20)26(23)19-6-10-21(32-3)11-7-19/h5-13,15,18,23,26H,14,16H2,1-4H3,(H,28,31). The third-order valence-electron chi connectivity index (χ3n) is 6.29. The number of benzene rings is 2. The van der Waals surface area contributed by atoms with E-state index in [4.69, 9.17) is 13.9 Å². The highest BCUT2D eigenvalue weighted by Crippen LogP contribution is 2.41. The summed E-state index contributed by atoms with van der Waals surface area (Å²) in [6.07, 6.45) is 0.739. The zero-order valence-electron chi connectivity index (χ0n) is 19.9. The molecule has 0 spiro atoms. The molecule has 2 amide bonds. The van der Waals surface area contributed by atoms with Crippen molar-refractivity contribution in [1.82, 2.24) is 5.32 Å². The van der Waals surface area contributed by atoms with Crippen LogP contribution in [0.5, 0.6) is 11.5 Å². The summed E-state index contributed by atoms with van der Waals surface area (Å²) in [5, 5.41) is 3.09. The van der Waals surface area contributed by atoms with Crippen molar-refractivity contribution in [3.8, 4) is 11.5 Å². The molecule has 3 atom stereocenters. The molecule has 3 aromatic rings. The van der Waals surface area contributed by atoms with Crippen LogP contribution in [0.25, 0.3) is 0 Å². The second-order valence-electron chi connectivity index (χ2n) is 8.50. The summed E-state index contributed by atoms with van der Waals surface area (Å²) in [5.74, 6) is 2.33. The number of furan rings is 1. The predicted molar refractivity (Wildman–Crippen MR) is 129 cm³/mol. The number of hydrogen-bond donors (Lipinski definition) is 1. The lowest BCUT2D eigenvalue weighted by Gasteiger charge is -2.41. The third-order valence-corrected chi connectivity index (χ3v) is 6.29. The first kappa shape index (κ1) is 23.4. The number of ether oxygens (including phenoxy) is 2. The average Bonchev–Trinajstić information content (AvgIpc) is 3.30. The molecule has 0 saturated carbocycles. The molecule has 7 heteroatoms. The predicted octanol–water partition coefficient (Wildman–Crippen LogP) is 4.97. The van der Waals surface area contributed by atoms with Gasteiger partial charge in [-0.3, -0.25) is 9.59 Å². The van der Waals surface area contributed by atoms with Gasteiger partial charge >= 0.3 is 0 Å². The smallest absolute Gasteiger partial charge is 0.227 e. The van der Waals surface area contributed by atoms with Gasteiger partial charge in [0.25, 0.3) is 0 Å². The number of carbonyl (C=O) groups is 2. The van der Waals surface area contributed by atoms with Crippen LogP contribution in [0.15, 0.2) is 65.1 Å². The molecule has 4 rings (SSSR count). The number of amides is 2. The van der Waals surface area contributed by atoms with Crippen LogP contribution in [0.4, 0.5) is 5.69 Å². The molecule has 3 unspecified atom stereocenters. The van der Waals surface area contributed by atoms with Crippen LogP contribution in [0.2, 0.25) is 0 Å². The molecule has 1 saturated heterocycles. The highest BCUT2D eigenvalue weighted by Gasteiger charge is 2.41. The maximum absolute atomic E-state index is 13.5. The zero-order valence-corrected chi connectivity index (χ0v) is 19.9. The maximum Gasteiger partial charge on any atom is 0.227 e. The van der Waals surface area contributed by atoms with Crippen molar-refractivity contribution in [2.24, 2.45) is 5.92 Å². The van der Waals surface area contributed by atoms with Crippen molar-refractivity contribution < 1.29 is 23.5 Å². The molecule has 34 heavy (non-hydrogen) atoms. The lowest BCUT2D eigenvalue weighted by atomic mass is 9.83.